The fraction of sp³-hybridized carbons (Fsp3) is 0.778. The molecule has 0 radical (unpaired) electrons. The largest absolute Gasteiger partial charge is 0.462 e. The number of carbonyl (C=O) groups excluding carboxylic acids is 2. The van der Waals surface area contributed by atoms with Crippen molar-refractivity contribution in [2.45, 2.75) is 65.3 Å². The Bertz CT molecular complexity index is 580. The van der Waals surface area contributed by atoms with E-state index in [2.05, 4.69) is 13.8 Å². The van der Waals surface area contributed by atoms with E-state index in [1.807, 2.05) is 6.92 Å². The van der Waals surface area contributed by atoms with E-state index in [1.165, 1.54) is 6.92 Å². The van der Waals surface area contributed by atoms with Gasteiger partial charge in [0.2, 0.25) is 5.79 Å². The molecule has 3 aliphatic rings. The molecule has 0 unspecified atom stereocenters. The molecule has 0 aromatic rings. The van der Waals surface area contributed by atoms with E-state index in [-0.39, 0.29) is 29.4 Å². The van der Waals surface area contributed by atoms with Gasteiger partial charge in [0.1, 0.15) is 6.10 Å². The van der Waals surface area contributed by atoms with Crippen molar-refractivity contribution < 1.29 is 23.8 Å². The van der Waals surface area contributed by atoms with Gasteiger partial charge in [0.05, 0.1) is 0 Å². The maximum Gasteiger partial charge on any atom is 0.336 e. The summed E-state index contributed by atoms with van der Waals surface area (Å²) in [6.45, 7) is 7.78. The Labute approximate surface area is 137 Å². The Balaban J connectivity index is 2.02. The molecule has 0 spiro atoms. The molecule has 3 rings (SSSR count). The Hall–Kier alpha value is -1.36. The summed E-state index contributed by atoms with van der Waals surface area (Å²) in [7, 11) is 1.58. The van der Waals surface area contributed by atoms with Crippen LogP contribution in [0.15, 0.2) is 11.1 Å². The van der Waals surface area contributed by atoms with Crippen molar-refractivity contribution in [2.75, 3.05) is 7.11 Å². The summed E-state index contributed by atoms with van der Waals surface area (Å²) in [6, 6.07) is 0. The predicted octanol–water partition coefficient (Wildman–Crippen LogP) is 2.98. The minimum atomic E-state index is -0.971. The summed E-state index contributed by atoms with van der Waals surface area (Å²) in [5.74, 6) is -0.899. The van der Waals surface area contributed by atoms with Crippen LogP contribution in [-0.2, 0) is 23.8 Å². The molecule has 1 aliphatic heterocycles. The number of fused-ring (bicyclic) bond motifs is 2. The van der Waals surface area contributed by atoms with Crippen LogP contribution in [0.25, 0.3) is 0 Å². The highest BCUT2D eigenvalue weighted by Gasteiger charge is 2.61. The van der Waals surface area contributed by atoms with Crippen molar-refractivity contribution in [3.63, 3.8) is 0 Å². The molecule has 23 heavy (non-hydrogen) atoms. The monoisotopic (exact) mass is 322 g/mol. The third kappa shape index (κ3) is 2.32. The molecule has 2 saturated carbocycles. The maximum absolute atomic E-state index is 12.1. The van der Waals surface area contributed by atoms with Gasteiger partial charge in [-0.15, -0.1) is 0 Å². The van der Waals surface area contributed by atoms with Crippen molar-refractivity contribution in [1.82, 2.24) is 0 Å². The summed E-state index contributed by atoms with van der Waals surface area (Å²) in [5.41, 5.74) is 1.62. The summed E-state index contributed by atoms with van der Waals surface area (Å²) >= 11 is 0. The third-order valence-electron chi connectivity index (χ3n) is 6.48. The predicted molar refractivity (Wildman–Crippen MR) is 83.3 cm³/mol. The first-order valence-electron chi connectivity index (χ1n) is 8.39. The number of hydrogen-bond acceptors (Lipinski definition) is 5. The Kier molecular flexibility index (Phi) is 3.82. The smallest absolute Gasteiger partial charge is 0.336 e. The fourth-order valence-electron chi connectivity index (χ4n) is 4.81. The summed E-state index contributed by atoms with van der Waals surface area (Å²) < 4.78 is 16.9. The summed E-state index contributed by atoms with van der Waals surface area (Å²) in [4.78, 5) is 23.6. The van der Waals surface area contributed by atoms with Crippen LogP contribution in [0.5, 0.6) is 0 Å². The van der Waals surface area contributed by atoms with E-state index >= 15 is 0 Å². The van der Waals surface area contributed by atoms with E-state index in [9.17, 15) is 9.59 Å². The minimum Gasteiger partial charge on any atom is -0.462 e. The quantitative estimate of drug-likeness (QED) is 0.731. The van der Waals surface area contributed by atoms with Crippen molar-refractivity contribution in [3.8, 4) is 0 Å². The van der Waals surface area contributed by atoms with Crippen molar-refractivity contribution >= 4 is 11.9 Å². The van der Waals surface area contributed by atoms with Crippen LogP contribution in [0.4, 0.5) is 0 Å². The average Bonchev–Trinajstić information content (AvgIpc) is 2.73. The first-order valence-corrected chi connectivity index (χ1v) is 8.39. The lowest BCUT2D eigenvalue weighted by atomic mass is 9.53. The summed E-state index contributed by atoms with van der Waals surface area (Å²) in [6.07, 6.45) is 3.04. The number of methoxy groups -OCH3 is 1. The molecule has 0 amide bonds. The fourth-order valence-corrected chi connectivity index (χ4v) is 4.81. The number of rotatable bonds is 2. The van der Waals surface area contributed by atoms with E-state index in [4.69, 9.17) is 14.2 Å². The van der Waals surface area contributed by atoms with Gasteiger partial charge < -0.3 is 14.2 Å². The lowest BCUT2D eigenvalue weighted by Gasteiger charge is -2.55. The molecule has 5 heteroatoms. The Morgan fingerprint density at radius 3 is 2.65 bits per heavy atom. The highest BCUT2D eigenvalue weighted by Crippen LogP contribution is 2.60. The third-order valence-corrected chi connectivity index (χ3v) is 6.48. The van der Waals surface area contributed by atoms with Crippen LogP contribution in [0, 0.1) is 17.3 Å². The van der Waals surface area contributed by atoms with Gasteiger partial charge in [-0.05, 0) is 37.5 Å². The van der Waals surface area contributed by atoms with Crippen molar-refractivity contribution in [3.05, 3.63) is 11.1 Å². The van der Waals surface area contributed by atoms with Gasteiger partial charge in [-0.1, -0.05) is 13.8 Å². The van der Waals surface area contributed by atoms with Crippen LogP contribution in [-0.4, -0.2) is 30.9 Å². The first-order chi connectivity index (χ1) is 10.7. The van der Waals surface area contributed by atoms with E-state index in [0.717, 1.165) is 24.8 Å². The number of esters is 2. The number of hydrogen-bond donors (Lipinski definition) is 0. The minimum absolute atomic E-state index is 0.0228. The lowest BCUT2D eigenvalue weighted by Crippen LogP contribution is -2.55. The highest BCUT2D eigenvalue weighted by molar-refractivity contribution is 5.92. The second kappa shape index (κ2) is 5.33. The zero-order valence-corrected chi connectivity index (χ0v) is 14.6. The number of carbonyl (C=O) groups is 2. The standard InChI is InChI=1S/C18H26O5/c1-10-6-7-15(22-12(3)19)14-9-18(21-5)13(8-17(10,14)4)11(2)16(20)23-18/h10,14-15H,6-9H2,1-5H3/t10-,14+,15-,17+,18-/m0/s1. The van der Waals surface area contributed by atoms with Gasteiger partial charge in [-0.25, -0.2) is 4.79 Å². The van der Waals surface area contributed by atoms with Gasteiger partial charge in [-0.3, -0.25) is 4.79 Å². The number of ether oxygens (including phenoxy) is 3. The van der Waals surface area contributed by atoms with Gasteiger partial charge in [0.15, 0.2) is 0 Å². The molecular weight excluding hydrogens is 296 g/mol. The molecule has 2 aliphatic carbocycles. The molecule has 5 atom stereocenters. The van der Waals surface area contributed by atoms with Crippen LogP contribution in [0.3, 0.4) is 0 Å². The molecule has 1 heterocycles. The lowest BCUT2D eigenvalue weighted by molar-refractivity contribution is -0.229. The van der Waals surface area contributed by atoms with E-state index < -0.39 is 5.79 Å². The summed E-state index contributed by atoms with van der Waals surface area (Å²) in [5, 5.41) is 0. The Morgan fingerprint density at radius 1 is 1.35 bits per heavy atom. The van der Waals surface area contributed by atoms with E-state index in [0.29, 0.717) is 17.9 Å². The molecule has 128 valence electrons. The van der Waals surface area contributed by atoms with Gasteiger partial charge in [0, 0.05) is 37.5 Å². The molecular formula is C18H26O5. The van der Waals surface area contributed by atoms with Crippen LogP contribution in [0.2, 0.25) is 0 Å². The molecule has 2 fully saturated rings. The van der Waals surface area contributed by atoms with Crippen LogP contribution >= 0.6 is 0 Å². The maximum atomic E-state index is 12.1. The van der Waals surface area contributed by atoms with Gasteiger partial charge in [0.25, 0.3) is 0 Å². The molecule has 0 N–H and O–H groups in total. The molecule has 0 bridgehead atoms. The second-order valence-electron chi connectivity index (χ2n) is 7.57. The zero-order valence-electron chi connectivity index (χ0n) is 14.6. The molecule has 5 nitrogen and oxygen atoms in total. The van der Waals surface area contributed by atoms with Crippen LogP contribution in [0.1, 0.15) is 53.4 Å². The van der Waals surface area contributed by atoms with Crippen LogP contribution < -0.4 is 0 Å². The molecule has 0 aromatic carbocycles. The van der Waals surface area contributed by atoms with Crippen molar-refractivity contribution in [2.24, 2.45) is 17.3 Å². The highest BCUT2D eigenvalue weighted by atomic mass is 16.7. The molecule has 0 saturated heterocycles. The SMILES string of the molecule is CO[C@]12C[C@@H]3[C@@H](OC(C)=O)CC[C@H](C)[C@@]3(C)CC1=C(C)C(=O)O2. The second-order valence-corrected chi connectivity index (χ2v) is 7.57. The zero-order chi connectivity index (χ0) is 17.0. The normalized spacial score (nSPS) is 42.8. The van der Waals surface area contributed by atoms with E-state index in [1.54, 1.807) is 7.11 Å². The average molecular weight is 322 g/mol. The topological polar surface area (TPSA) is 61.8 Å². The first kappa shape index (κ1) is 16.5. The van der Waals surface area contributed by atoms with Gasteiger partial charge >= 0.3 is 11.9 Å². The Morgan fingerprint density at radius 2 is 2.04 bits per heavy atom. The molecule has 0 aromatic heterocycles. The van der Waals surface area contributed by atoms with Crippen molar-refractivity contribution in [1.29, 1.82) is 0 Å². The van der Waals surface area contributed by atoms with Gasteiger partial charge in [-0.2, -0.15) is 0 Å².